The number of rotatable bonds is 4. The second-order valence-corrected chi connectivity index (χ2v) is 5.69. The average Bonchev–Trinajstić information content (AvgIpc) is 2.46. The molecule has 22 heavy (non-hydrogen) atoms. The fourth-order valence-electron chi connectivity index (χ4n) is 3.07. The van der Waals surface area contributed by atoms with Gasteiger partial charge in [0.2, 0.25) is 0 Å². The molecule has 7 heteroatoms. The number of ether oxygens (including phenoxy) is 2. The molecule has 2 heterocycles. The van der Waals surface area contributed by atoms with Gasteiger partial charge in [-0.1, -0.05) is 0 Å². The summed E-state index contributed by atoms with van der Waals surface area (Å²) in [4.78, 5) is 25.0. The van der Waals surface area contributed by atoms with Gasteiger partial charge in [-0.3, -0.25) is 4.90 Å². The van der Waals surface area contributed by atoms with Crippen molar-refractivity contribution in [2.24, 2.45) is 0 Å². The van der Waals surface area contributed by atoms with Crippen molar-refractivity contribution < 1.29 is 24.2 Å². The molecule has 1 saturated heterocycles. The van der Waals surface area contributed by atoms with E-state index in [0.29, 0.717) is 30.9 Å². The molecule has 7 nitrogen and oxygen atoms in total. The number of nitrogens with zero attached hydrogens (tertiary/aromatic N) is 1. The zero-order valence-corrected chi connectivity index (χ0v) is 12.5. The minimum Gasteiger partial charge on any atom is -0.478 e. The number of carbonyl (C=O) groups excluding carboxylic acids is 1. The third-order valence-corrected chi connectivity index (χ3v) is 4.18. The number of fused-ring (bicyclic) bond motifs is 4. The molecule has 0 spiro atoms. The summed E-state index contributed by atoms with van der Waals surface area (Å²) in [5.74, 6) is -0.397. The van der Waals surface area contributed by atoms with Crippen molar-refractivity contribution in [3.63, 3.8) is 0 Å². The number of amides is 2. The van der Waals surface area contributed by atoms with Gasteiger partial charge in [-0.25, -0.2) is 9.59 Å². The van der Waals surface area contributed by atoms with Gasteiger partial charge in [0.1, 0.15) is 5.75 Å². The molecule has 2 atom stereocenters. The largest absolute Gasteiger partial charge is 0.478 e. The molecule has 2 amide bonds. The molecule has 0 aromatic heterocycles. The van der Waals surface area contributed by atoms with Crippen LogP contribution in [-0.2, 0) is 4.74 Å². The predicted molar refractivity (Wildman–Crippen MR) is 76.9 cm³/mol. The monoisotopic (exact) mass is 306 g/mol. The van der Waals surface area contributed by atoms with Gasteiger partial charge < -0.3 is 19.9 Å². The number of methoxy groups -OCH3 is 1. The summed E-state index contributed by atoms with van der Waals surface area (Å²) in [6.45, 7) is 2.71. The van der Waals surface area contributed by atoms with Crippen molar-refractivity contribution >= 4 is 12.0 Å². The Morgan fingerprint density at radius 3 is 3.05 bits per heavy atom. The highest BCUT2D eigenvalue weighted by Gasteiger charge is 2.48. The van der Waals surface area contributed by atoms with E-state index in [-0.39, 0.29) is 17.6 Å². The molecule has 1 aromatic rings. The number of benzene rings is 1. The summed E-state index contributed by atoms with van der Waals surface area (Å²) in [5.41, 5.74) is 0.127. The number of hydrogen-bond donors (Lipinski definition) is 2. The first-order valence-corrected chi connectivity index (χ1v) is 7.08. The van der Waals surface area contributed by atoms with Crippen molar-refractivity contribution in [3.8, 4) is 5.75 Å². The lowest BCUT2D eigenvalue weighted by molar-refractivity contribution is -0.0892. The standard InChI is InChI=1S/C15H18N2O5/c1-15-8-11(16-14(20)17(15)5-6-21-2)10-7-9(13(18)19)3-4-12(10)22-15/h3-4,7,11H,5-6,8H2,1-2H3,(H,16,20)(H,18,19)/t11-,15+/m0/s1. The number of hydrogen-bond acceptors (Lipinski definition) is 4. The lowest BCUT2D eigenvalue weighted by atomic mass is 9.89. The molecule has 3 rings (SSSR count). The van der Waals surface area contributed by atoms with Gasteiger partial charge in [-0.15, -0.1) is 0 Å². The summed E-state index contributed by atoms with van der Waals surface area (Å²) in [7, 11) is 1.58. The van der Waals surface area contributed by atoms with Crippen molar-refractivity contribution in [2.75, 3.05) is 20.3 Å². The molecule has 2 N–H and O–H groups in total. The van der Waals surface area contributed by atoms with Crippen LogP contribution in [0, 0.1) is 0 Å². The molecular formula is C15H18N2O5. The topological polar surface area (TPSA) is 88.1 Å². The fourth-order valence-corrected chi connectivity index (χ4v) is 3.07. The summed E-state index contributed by atoms with van der Waals surface area (Å²) >= 11 is 0. The number of carboxylic acid groups (broad SMARTS) is 1. The van der Waals surface area contributed by atoms with Gasteiger partial charge in [0.25, 0.3) is 0 Å². The smallest absolute Gasteiger partial charge is 0.335 e. The highest BCUT2D eigenvalue weighted by Crippen LogP contribution is 2.44. The Morgan fingerprint density at radius 2 is 2.36 bits per heavy atom. The van der Waals surface area contributed by atoms with Crippen LogP contribution in [0.25, 0.3) is 0 Å². The van der Waals surface area contributed by atoms with Gasteiger partial charge in [-0.05, 0) is 25.1 Å². The van der Waals surface area contributed by atoms with E-state index >= 15 is 0 Å². The summed E-state index contributed by atoms with van der Waals surface area (Å²) in [6, 6.07) is 4.23. The van der Waals surface area contributed by atoms with Crippen LogP contribution >= 0.6 is 0 Å². The molecule has 2 bridgehead atoms. The lowest BCUT2D eigenvalue weighted by Gasteiger charge is -2.50. The van der Waals surface area contributed by atoms with Gasteiger partial charge >= 0.3 is 12.0 Å². The van der Waals surface area contributed by atoms with E-state index in [9.17, 15) is 9.59 Å². The normalized spacial score (nSPS) is 26.0. The first-order valence-electron chi connectivity index (χ1n) is 7.08. The lowest BCUT2D eigenvalue weighted by Crippen LogP contribution is -2.65. The van der Waals surface area contributed by atoms with Crippen molar-refractivity contribution in [3.05, 3.63) is 29.3 Å². The highest BCUT2D eigenvalue weighted by molar-refractivity contribution is 5.88. The molecule has 118 valence electrons. The molecular weight excluding hydrogens is 288 g/mol. The van der Waals surface area contributed by atoms with Crippen molar-refractivity contribution in [1.82, 2.24) is 10.2 Å². The minimum atomic E-state index is -1.00. The molecule has 0 aliphatic carbocycles. The minimum absolute atomic E-state index is 0.182. The SMILES string of the molecule is COCCN1C(=O)N[C@H]2C[C@@]1(C)Oc1ccc(C(=O)O)cc12. The van der Waals surface area contributed by atoms with E-state index in [2.05, 4.69) is 5.32 Å². The molecule has 0 unspecified atom stereocenters. The maximum Gasteiger partial charge on any atom is 0.335 e. The van der Waals surface area contributed by atoms with E-state index in [1.165, 1.54) is 6.07 Å². The van der Waals surface area contributed by atoms with Crippen LogP contribution < -0.4 is 10.1 Å². The van der Waals surface area contributed by atoms with E-state index in [1.807, 2.05) is 6.92 Å². The Kier molecular flexibility index (Phi) is 3.44. The van der Waals surface area contributed by atoms with Gasteiger partial charge in [0, 0.05) is 25.6 Å². The predicted octanol–water partition coefficient (Wildman–Crippen LogP) is 1.60. The number of aromatic carboxylic acids is 1. The Hall–Kier alpha value is -2.28. The molecule has 0 radical (unpaired) electrons. The molecule has 2 aliphatic heterocycles. The molecule has 0 saturated carbocycles. The molecule has 2 aliphatic rings. The summed E-state index contributed by atoms with van der Waals surface area (Å²) in [6.07, 6.45) is 0.554. The van der Waals surface area contributed by atoms with Crippen LogP contribution in [0.4, 0.5) is 4.79 Å². The van der Waals surface area contributed by atoms with Crippen molar-refractivity contribution in [1.29, 1.82) is 0 Å². The van der Waals surface area contributed by atoms with Crippen LogP contribution in [0.5, 0.6) is 5.75 Å². The maximum atomic E-state index is 12.3. The maximum absolute atomic E-state index is 12.3. The van der Waals surface area contributed by atoms with E-state index in [1.54, 1.807) is 24.1 Å². The van der Waals surface area contributed by atoms with Crippen LogP contribution in [0.3, 0.4) is 0 Å². The number of urea groups is 1. The Bertz CT molecular complexity index is 632. The van der Waals surface area contributed by atoms with Crippen LogP contribution in [0.2, 0.25) is 0 Å². The van der Waals surface area contributed by atoms with Gasteiger partial charge in [-0.2, -0.15) is 0 Å². The third kappa shape index (κ3) is 2.27. The van der Waals surface area contributed by atoms with Crippen LogP contribution in [0.1, 0.15) is 35.3 Å². The van der Waals surface area contributed by atoms with Gasteiger partial charge in [0.05, 0.1) is 18.2 Å². The first kappa shape index (κ1) is 14.6. The van der Waals surface area contributed by atoms with Crippen LogP contribution in [0.15, 0.2) is 18.2 Å². The number of carbonyl (C=O) groups is 2. The molecule has 1 aromatic carbocycles. The Balaban J connectivity index is 1.96. The van der Waals surface area contributed by atoms with E-state index < -0.39 is 11.7 Å². The number of carboxylic acids is 1. The van der Waals surface area contributed by atoms with Gasteiger partial charge in [0.15, 0.2) is 5.72 Å². The highest BCUT2D eigenvalue weighted by atomic mass is 16.5. The summed E-state index contributed by atoms with van der Waals surface area (Å²) < 4.78 is 11.1. The van der Waals surface area contributed by atoms with Crippen LogP contribution in [-0.4, -0.2) is 48.0 Å². The second-order valence-electron chi connectivity index (χ2n) is 5.69. The molecule has 1 fully saturated rings. The average molecular weight is 306 g/mol. The van der Waals surface area contributed by atoms with Crippen molar-refractivity contribution in [2.45, 2.75) is 25.1 Å². The zero-order chi connectivity index (χ0) is 15.9. The number of nitrogens with one attached hydrogen (secondary N) is 1. The Morgan fingerprint density at radius 1 is 1.59 bits per heavy atom. The Labute approximate surface area is 127 Å². The summed E-state index contributed by atoms with van der Waals surface area (Å²) in [5, 5.41) is 12.0. The quantitative estimate of drug-likeness (QED) is 0.882. The van der Waals surface area contributed by atoms with E-state index in [0.717, 1.165) is 0 Å². The second kappa shape index (κ2) is 5.17. The zero-order valence-electron chi connectivity index (χ0n) is 12.5. The van der Waals surface area contributed by atoms with E-state index in [4.69, 9.17) is 14.6 Å². The third-order valence-electron chi connectivity index (χ3n) is 4.18. The fraction of sp³-hybridized carbons (Fsp3) is 0.467. The first-order chi connectivity index (χ1) is 10.4.